The van der Waals surface area contributed by atoms with Gasteiger partial charge in [0.2, 0.25) is 5.91 Å². The molecule has 0 aromatic heterocycles. The van der Waals surface area contributed by atoms with E-state index in [1.807, 2.05) is 13.8 Å². The van der Waals surface area contributed by atoms with Crippen molar-refractivity contribution in [3.05, 3.63) is 28.2 Å². The number of benzene rings is 1. The average molecular weight is 275 g/mol. The Bertz CT molecular complexity index is 407. The van der Waals surface area contributed by atoms with Gasteiger partial charge in [0.05, 0.1) is 10.0 Å². The van der Waals surface area contributed by atoms with E-state index in [0.717, 1.165) is 5.69 Å². The van der Waals surface area contributed by atoms with Crippen molar-refractivity contribution in [3.63, 3.8) is 0 Å². The molecule has 0 bridgehead atoms. The Balaban J connectivity index is 2.64. The summed E-state index contributed by atoms with van der Waals surface area (Å²) in [6.07, 6.45) is 0. The second kappa shape index (κ2) is 6.12. The maximum atomic E-state index is 11.7. The van der Waals surface area contributed by atoms with Crippen LogP contribution in [0.2, 0.25) is 10.0 Å². The Kier molecular flexibility index (Phi) is 5.09. The molecule has 0 radical (unpaired) electrons. The summed E-state index contributed by atoms with van der Waals surface area (Å²) in [6.45, 7) is 5.63. The van der Waals surface area contributed by atoms with E-state index in [1.165, 1.54) is 0 Å². The van der Waals surface area contributed by atoms with Crippen LogP contribution in [0.25, 0.3) is 0 Å². The van der Waals surface area contributed by atoms with E-state index >= 15 is 0 Å². The van der Waals surface area contributed by atoms with Crippen LogP contribution in [0.1, 0.15) is 20.8 Å². The van der Waals surface area contributed by atoms with Crippen LogP contribution in [-0.4, -0.2) is 18.0 Å². The number of amides is 1. The summed E-state index contributed by atoms with van der Waals surface area (Å²) in [5.74, 6) is -0.0499. The van der Waals surface area contributed by atoms with Gasteiger partial charge in [-0.25, -0.2) is 0 Å². The zero-order valence-electron chi connectivity index (χ0n) is 10.1. The van der Waals surface area contributed by atoms with Crippen molar-refractivity contribution in [2.45, 2.75) is 32.9 Å². The van der Waals surface area contributed by atoms with Gasteiger partial charge >= 0.3 is 0 Å². The second-order valence-corrected chi connectivity index (χ2v) is 4.97. The maximum absolute atomic E-state index is 11.7. The van der Waals surface area contributed by atoms with Gasteiger partial charge in [-0.1, -0.05) is 23.2 Å². The molecule has 0 aliphatic heterocycles. The first-order valence-corrected chi connectivity index (χ1v) is 6.17. The fraction of sp³-hybridized carbons (Fsp3) is 0.417. The van der Waals surface area contributed by atoms with Gasteiger partial charge < -0.3 is 10.6 Å². The smallest absolute Gasteiger partial charge is 0.242 e. The lowest BCUT2D eigenvalue weighted by molar-refractivity contribution is -0.122. The van der Waals surface area contributed by atoms with Crippen LogP contribution in [0, 0.1) is 0 Å². The zero-order chi connectivity index (χ0) is 13.0. The van der Waals surface area contributed by atoms with Crippen LogP contribution in [0.4, 0.5) is 5.69 Å². The lowest BCUT2D eigenvalue weighted by atomic mass is 10.2. The van der Waals surface area contributed by atoms with E-state index in [9.17, 15) is 4.79 Å². The van der Waals surface area contributed by atoms with E-state index in [4.69, 9.17) is 23.2 Å². The molecule has 0 saturated heterocycles. The van der Waals surface area contributed by atoms with E-state index < -0.39 is 0 Å². The Morgan fingerprint density at radius 2 is 1.82 bits per heavy atom. The fourth-order valence-corrected chi connectivity index (χ4v) is 1.61. The van der Waals surface area contributed by atoms with Crippen molar-refractivity contribution in [1.29, 1.82) is 0 Å². The minimum absolute atomic E-state index is 0.0499. The van der Waals surface area contributed by atoms with E-state index in [1.54, 1.807) is 25.1 Å². The second-order valence-electron chi connectivity index (χ2n) is 4.16. The number of anilines is 1. The number of carbonyl (C=O) groups is 1. The van der Waals surface area contributed by atoms with Crippen molar-refractivity contribution < 1.29 is 4.79 Å². The van der Waals surface area contributed by atoms with Crippen LogP contribution >= 0.6 is 23.2 Å². The van der Waals surface area contributed by atoms with Crippen LogP contribution in [0.5, 0.6) is 0 Å². The lowest BCUT2D eigenvalue weighted by Gasteiger charge is -2.17. The van der Waals surface area contributed by atoms with Gasteiger partial charge in [-0.15, -0.1) is 0 Å². The van der Waals surface area contributed by atoms with Crippen molar-refractivity contribution in [1.82, 2.24) is 5.32 Å². The molecule has 0 saturated carbocycles. The summed E-state index contributed by atoms with van der Waals surface area (Å²) in [5.41, 5.74) is 0.769. The number of hydrogen-bond acceptors (Lipinski definition) is 2. The third kappa shape index (κ3) is 4.44. The quantitative estimate of drug-likeness (QED) is 0.885. The number of rotatable bonds is 4. The first kappa shape index (κ1) is 14.1. The van der Waals surface area contributed by atoms with Crippen LogP contribution in [0.15, 0.2) is 18.2 Å². The number of hydrogen-bond donors (Lipinski definition) is 2. The van der Waals surface area contributed by atoms with Gasteiger partial charge in [0.15, 0.2) is 0 Å². The zero-order valence-corrected chi connectivity index (χ0v) is 11.6. The minimum atomic E-state index is -0.324. The largest absolute Gasteiger partial charge is 0.374 e. The monoisotopic (exact) mass is 274 g/mol. The standard InChI is InChI=1S/C12H16Cl2N2O/c1-7(2)15-12(17)8(3)16-9-4-5-10(13)11(14)6-9/h4-8,16H,1-3H3,(H,15,17). The highest BCUT2D eigenvalue weighted by molar-refractivity contribution is 6.42. The number of halogens is 2. The summed E-state index contributed by atoms with van der Waals surface area (Å²) in [6, 6.07) is 4.98. The molecule has 1 rings (SSSR count). The lowest BCUT2D eigenvalue weighted by Crippen LogP contribution is -2.40. The molecule has 1 aromatic carbocycles. The van der Waals surface area contributed by atoms with Crippen LogP contribution < -0.4 is 10.6 Å². The molecule has 1 aromatic rings. The summed E-state index contributed by atoms with van der Waals surface area (Å²) >= 11 is 11.7. The molecule has 5 heteroatoms. The average Bonchev–Trinajstić information content (AvgIpc) is 2.22. The summed E-state index contributed by atoms with van der Waals surface area (Å²) in [7, 11) is 0. The Labute approximate surface area is 111 Å². The highest BCUT2D eigenvalue weighted by Crippen LogP contribution is 2.25. The topological polar surface area (TPSA) is 41.1 Å². The molecule has 0 heterocycles. The summed E-state index contributed by atoms with van der Waals surface area (Å²) in [4.78, 5) is 11.7. The van der Waals surface area contributed by atoms with Gasteiger partial charge in [0, 0.05) is 11.7 Å². The summed E-state index contributed by atoms with van der Waals surface area (Å²) < 4.78 is 0. The third-order valence-electron chi connectivity index (χ3n) is 2.13. The highest BCUT2D eigenvalue weighted by Gasteiger charge is 2.13. The predicted octanol–water partition coefficient (Wildman–Crippen LogP) is 3.32. The van der Waals surface area contributed by atoms with Crippen molar-refractivity contribution in [2.24, 2.45) is 0 Å². The van der Waals surface area contributed by atoms with Gasteiger partial charge in [-0.05, 0) is 39.0 Å². The molecule has 1 unspecified atom stereocenters. The number of nitrogens with one attached hydrogen (secondary N) is 2. The summed E-state index contributed by atoms with van der Waals surface area (Å²) in [5, 5.41) is 6.85. The fourth-order valence-electron chi connectivity index (χ4n) is 1.31. The van der Waals surface area contributed by atoms with Gasteiger partial charge in [-0.2, -0.15) is 0 Å². The maximum Gasteiger partial charge on any atom is 0.242 e. The molecule has 0 aliphatic rings. The SMILES string of the molecule is CC(C)NC(=O)C(C)Nc1ccc(Cl)c(Cl)c1. The molecule has 1 amide bonds. The van der Waals surface area contributed by atoms with Crippen LogP contribution in [-0.2, 0) is 4.79 Å². The molecule has 3 nitrogen and oxygen atoms in total. The highest BCUT2D eigenvalue weighted by atomic mass is 35.5. The molecule has 0 spiro atoms. The van der Waals surface area contributed by atoms with Gasteiger partial charge in [0.25, 0.3) is 0 Å². The molecule has 0 aliphatic carbocycles. The molecule has 94 valence electrons. The van der Waals surface area contributed by atoms with Gasteiger partial charge in [0.1, 0.15) is 6.04 Å². The Morgan fingerprint density at radius 3 is 2.35 bits per heavy atom. The third-order valence-corrected chi connectivity index (χ3v) is 2.87. The molecule has 17 heavy (non-hydrogen) atoms. The molecule has 2 N–H and O–H groups in total. The molecular formula is C12H16Cl2N2O. The first-order chi connectivity index (χ1) is 7.90. The van der Waals surface area contributed by atoms with Crippen LogP contribution in [0.3, 0.4) is 0 Å². The first-order valence-electron chi connectivity index (χ1n) is 5.42. The van der Waals surface area contributed by atoms with E-state index in [2.05, 4.69) is 10.6 Å². The Hall–Kier alpha value is -0.930. The minimum Gasteiger partial charge on any atom is -0.374 e. The van der Waals surface area contributed by atoms with E-state index in [-0.39, 0.29) is 18.0 Å². The van der Waals surface area contributed by atoms with Crippen molar-refractivity contribution in [3.8, 4) is 0 Å². The number of carbonyl (C=O) groups excluding carboxylic acids is 1. The van der Waals surface area contributed by atoms with E-state index in [0.29, 0.717) is 10.0 Å². The van der Waals surface area contributed by atoms with Gasteiger partial charge in [-0.3, -0.25) is 4.79 Å². The Morgan fingerprint density at radius 1 is 1.18 bits per heavy atom. The normalized spacial score (nSPS) is 12.4. The predicted molar refractivity (Wildman–Crippen MR) is 72.8 cm³/mol. The van der Waals surface area contributed by atoms with Crippen molar-refractivity contribution >= 4 is 34.8 Å². The van der Waals surface area contributed by atoms with Crippen molar-refractivity contribution in [2.75, 3.05) is 5.32 Å². The molecular weight excluding hydrogens is 259 g/mol. The molecule has 1 atom stereocenters. The molecule has 0 fully saturated rings.